The molecule has 5 aromatic rings. The van der Waals surface area contributed by atoms with Crippen LogP contribution in [0, 0.1) is 11.3 Å². The van der Waals surface area contributed by atoms with Gasteiger partial charge in [0.15, 0.2) is 5.65 Å². The Morgan fingerprint density at radius 1 is 0.986 bits per heavy atom. The van der Waals surface area contributed by atoms with Crippen LogP contribution in [0.5, 0.6) is 11.5 Å². The quantitative estimate of drug-likeness (QED) is 0.0447. The van der Waals surface area contributed by atoms with Gasteiger partial charge in [0.2, 0.25) is 17.7 Å². The molecular weight excluding hydrogens is 885 g/mol. The second-order valence-corrected chi connectivity index (χ2v) is 17.5. The first kappa shape index (κ1) is 47.5. The number of fused-ring (bicyclic) bond motifs is 2. The smallest absolute Gasteiger partial charge is 0.264 e. The van der Waals surface area contributed by atoms with E-state index in [1.165, 1.54) is 18.5 Å². The van der Waals surface area contributed by atoms with Gasteiger partial charge in [0, 0.05) is 49.4 Å². The van der Waals surface area contributed by atoms with Gasteiger partial charge in [-0.2, -0.15) is 10.4 Å². The highest BCUT2D eigenvalue weighted by Crippen LogP contribution is 2.36. The SMILES string of the molecule is CN(CCOCCNC(=O)CNc1ccc2c(c1)C(=O)N(C1CCC(=O)NC1=O)C2=O)C(C)(C)/C=C(\C#N)C(=O)N1CCC[C@@H](n2nc(-c3ccc(Oc4ccccc4)cc3)c3c(N)ncnc32)C1. The molecule has 20 nitrogen and oxygen atoms in total. The lowest BCUT2D eigenvalue weighted by Crippen LogP contribution is -2.54. The number of nitrogens with two attached hydrogens (primary N) is 1. The van der Waals surface area contributed by atoms with Crippen molar-refractivity contribution in [1.82, 2.24) is 45.1 Å². The first-order valence-electron chi connectivity index (χ1n) is 22.6. The lowest BCUT2D eigenvalue weighted by molar-refractivity contribution is -0.136. The van der Waals surface area contributed by atoms with Crippen LogP contribution in [-0.2, 0) is 23.9 Å². The van der Waals surface area contributed by atoms with Crippen LogP contribution in [-0.4, -0.2) is 134 Å². The number of likely N-dealkylation sites (tertiary alicyclic amines) is 1. The average molecular weight is 937 g/mol. The van der Waals surface area contributed by atoms with Crippen LogP contribution in [0.15, 0.2) is 90.8 Å². The van der Waals surface area contributed by atoms with Gasteiger partial charge in [0.1, 0.15) is 47.0 Å². The van der Waals surface area contributed by atoms with Crippen LogP contribution < -0.4 is 26.4 Å². The zero-order valence-electron chi connectivity index (χ0n) is 38.4. The number of nitriles is 1. The first-order valence-corrected chi connectivity index (χ1v) is 22.6. The Balaban J connectivity index is 0.800. The van der Waals surface area contributed by atoms with Gasteiger partial charge in [-0.25, -0.2) is 14.6 Å². The average Bonchev–Trinajstić information content (AvgIpc) is 3.86. The highest BCUT2D eigenvalue weighted by Gasteiger charge is 2.44. The van der Waals surface area contributed by atoms with Gasteiger partial charge in [-0.1, -0.05) is 18.2 Å². The molecule has 0 radical (unpaired) electrons. The maximum Gasteiger partial charge on any atom is 0.264 e. The molecule has 5 N–H and O–H groups in total. The van der Waals surface area contributed by atoms with Crippen LogP contribution in [0.25, 0.3) is 22.3 Å². The summed E-state index contributed by atoms with van der Waals surface area (Å²) in [4.78, 5) is 90.0. The number of carbonyl (C=O) groups excluding carboxylic acids is 6. The van der Waals surface area contributed by atoms with Crippen molar-refractivity contribution in [3.8, 4) is 28.8 Å². The third-order valence-electron chi connectivity index (χ3n) is 12.5. The highest BCUT2D eigenvalue weighted by atomic mass is 16.5. The zero-order chi connectivity index (χ0) is 48.8. The predicted octanol–water partition coefficient (Wildman–Crippen LogP) is 3.84. The van der Waals surface area contributed by atoms with E-state index in [2.05, 4.69) is 32.0 Å². The summed E-state index contributed by atoms with van der Waals surface area (Å²) < 4.78 is 13.6. The Labute approximate surface area is 397 Å². The van der Waals surface area contributed by atoms with E-state index >= 15 is 0 Å². The van der Waals surface area contributed by atoms with Crippen molar-refractivity contribution in [2.75, 3.05) is 64.0 Å². The molecule has 5 heterocycles. The minimum Gasteiger partial charge on any atom is -0.457 e. The van der Waals surface area contributed by atoms with Crippen molar-refractivity contribution in [1.29, 1.82) is 5.26 Å². The summed E-state index contributed by atoms with van der Waals surface area (Å²) in [5, 5.41) is 23.7. The Morgan fingerprint density at radius 2 is 1.74 bits per heavy atom. The summed E-state index contributed by atoms with van der Waals surface area (Å²) >= 11 is 0. The molecule has 6 amide bonds. The molecule has 8 rings (SSSR count). The maximum absolute atomic E-state index is 14.0. The van der Waals surface area contributed by atoms with E-state index in [1.54, 1.807) is 17.0 Å². The summed E-state index contributed by atoms with van der Waals surface area (Å²) in [6.45, 7) is 5.70. The van der Waals surface area contributed by atoms with Crippen molar-refractivity contribution in [2.24, 2.45) is 0 Å². The largest absolute Gasteiger partial charge is 0.457 e. The third kappa shape index (κ3) is 10.4. The van der Waals surface area contributed by atoms with E-state index in [-0.39, 0.29) is 72.9 Å². The van der Waals surface area contributed by atoms with E-state index in [0.29, 0.717) is 60.8 Å². The monoisotopic (exact) mass is 936 g/mol. The Bertz CT molecular complexity index is 2880. The topological polar surface area (TPSA) is 260 Å². The third-order valence-corrected chi connectivity index (χ3v) is 12.5. The predicted molar refractivity (Wildman–Crippen MR) is 252 cm³/mol. The molecule has 20 heteroatoms. The highest BCUT2D eigenvalue weighted by molar-refractivity contribution is 6.23. The molecule has 2 fully saturated rings. The van der Waals surface area contributed by atoms with Gasteiger partial charge in [-0.05, 0) is 101 Å². The molecule has 69 heavy (non-hydrogen) atoms. The Kier molecular flexibility index (Phi) is 14.1. The number of amides is 6. The number of hydrogen-bond donors (Lipinski definition) is 4. The number of benzene rings is 3. The van der Waals surface area contributed by atoms with Gasteiger partial charge >= 0.3 is 0 Å². The van der Waals surface area contributed by atoms with Gasteiger partial charge in [0.25, 0.3) is 17.7 Å². The van der Waals surface area contributed by atoms with E-state index in [0.717, 1.165) is 22.6 Å². The molecule has 2 atom stereocenters. The summed E-state index contributed by atoms with van der Waals surface area (Å²) in [6.07, 6.45) is 4.57. The lowest BCUT2D eigenvalue weighted by Gasteiger charge is -2.35. The molecule has 0 bridgehead atoms. The van der Waals surface area contributed by atoms with Gasteiger partial charge < -0.3 is 30.7 Å². The van der Waals surface area contributed by atoms with Crippen molar-refractivity contribution in [3.05, 3.63) is 102 Å². The van der Waals surface area contributed by atoms with E-state index < -0.39 is 35.2 Å². The first-order chi connectivity index (χ1) is 33.2. The fourth-order valence-electron chi connectivity index (χ4n) is 8.55. The van der Waals surface area contributed by atoms with Gasteiger partial charge in [0.05, 0.1) is 42.3 Å². The lowest BCUT2D eigenvalue weighted by atomic mass is 9.98. The number of aromatic nitrogens is 4. The number of rotatable bonds is 17. The van der Waals surface area contributed by atoms with Crippen LogP contribution in [0.3, 0.4) is 0 Å². The standard InChI is InChI=1S/C49H52N12O8/c1-49(2,58(3)21-23-68-22-19-52-40(63)27-53-32-13-16-36-37(24-32)48(67)60(47(36)66)38-17-18-39(62)56-45(38)64)25-31(26-50)46(65)59-20-7-8-33(28-59)61-44-41(43(51)54-29-55-44)42(57-61)30-11-14-35(15-12-30)69-34-9-5-4-6-10-34/h4-6,9-16,24-25,29,33,38,53H,7-8,17-23,27-28H2,1-3H3,(H,52,63)(H2,51,54,55)(H,56,62,64)/b31-25+/t33-,38?/m1/s1. The molecule has 3 aliphatic heterocycles. The van der Waals surface area contributed by atoms with E-state index in [1.807, 2.05) is 85.1 Å². The van der Waals surface area contributed by atoms with Crippen molar-refractivity contribution >= 4 is 58.0 Å². The number of nitrogens with zero attached hydrogens (tertiary/aromatic N) is 8. The molecule has 2 aromatic heterocycles. The molecule has 356 valence electrons. The normalized spacial score (nSPS) is 17.5. The minimum atomic E-state index is -1.07. The Morgan fingerprint density at radius 3 is 2.49 bits per heavy atom. The molecule has 0 aliphatic carbocycles. The number of carbonyl (C=O) groups is 6. The van der Waals surface area contributed by atoms with Crippen molar-refractivity contribution in [3.63, 3.8) is 0 Å². The summed E-state index contributed by atoms with van der Waals surface area (Å²) in [5.41, 5.74) is 8.37. The second-order valence-electron chi connectivity index (χ2n) is 17.5. The van der Waals surface area contributed by atoms with Crippen LogP contribution in [0.2, 0.25) is 0 Å². The molecule has 0 saturated carbocycles. The van der Waals surface area contributed by atoms with Crippen LogP contribution in [0.4, 0.5) is 11.5 Å². The number of hydrogen-bond acceptors (Lipinski definition) is 15. The number of ether oxygens (including phenoxy) is 2. The van der Waals surface area contributed by atoms with E-state index in [9.17, 15) is 34.0 Å². The fraction of sp³-hybridized carbons (Fsp3) is 0.347. The number of para-hydroxylation sites is 1. The molecular formula is C49H52N12O8. The van der Waals surface area contributed by atoms with E-state index in [4.69, 9.17) is 20.3 Å². The number of anilines is 2. The molecule has 1 unspecified atom stereocenters. The fourth-order valence-corrected chi connectivity index (χ4v) is 8.55. The van der Waals surface area contributed by atoms with Crippen molar-refractivity contribution in [2.45, 2.75) is 57.2 Å². The minimum absolute atomic E-state index is 0.0208. The number of piperidine rings is 2. The molecule has 0 spiro atoms. The van der Waals surface area contributed by atoms with Crippen LogP contribution >= 0.6 is 0 Å². The number of imide groups is 2. The molecule has 2 saturated heterocycles. The summed E-state index contributed by atoms with van der Waals surface area (Å²) in [6, 6.07) is 22.3. The van der Waals surface area contributed by atoms with Gasteiger partial charge in [-0.3, -0.25) is 43.9 Å². The number of nitrogens with one attached hydrogen (secondary N) is 3. The number of likely N-dealkylation sites (N-methyl/N-ethyl adjacent to an activating group) is 1. The number of nitrogen functional groups attached to an aromatic ring is 1. The molecule has 3 aliphatic rings. The zero-order valence-corrected chi connectivity index (χ0v) is 38.4. The maximum atomic E-state index is 14.0. The van der Waals surface area contributed by atoms with Crippen molar-refractivity contribution < 1.29 is 38.2 Å². The molecule has 3 aromatic carbocycles. The van der Waals surface area contributed by atoms with Crippen LogP contribution in [0.1, 0.15) is 66.3 Å². The Hall–Kier alpha value is -8.02. The summed E-state index contributed by atoms with van der Waals surface area (Å²) in [7, 11) is 1.87. The second kappa shape index (κ2) is 20.5. The summed E-state index contributed by atoms with van der Waals surface area (Å²) in [5.74, 6) is -1.43. The van der Waals surface area contributed by atoms with Gasteiger partial charge in [-0.15, -0.1) is 0 Å².